The molecule has 1 saturated heterocycles. The van der Waals surface area contributed by atoms with E-state index in [2.05, 4.69) is 12.0 Å². The number of amides is 1. The van der Waals surface area contributed by atoms with Crippen LogP contribution in [0.4, 0.5) is 0 Å². The Morgan fingerprint density at radius 3 is 3.00 bits per heavy atom. The van der Waals surface area contributed by atoms with Crippen molar-refractivity contribution in [3.8, 4) is 0 Å². The predicted octanol–water partition coefficient (Wildman–Crippen LogP) is 0.620. The summed E-state index contributed by atoms with van der Waals surface area (Å²) in [6.45, 7) is 3.55. The Bertz CT molecular complexity index is 401. The van der Waals surface area contributed by atoms with E-state index in [-0.39, 0.29) is 11.9 Å². The summed E-state index contributed by atoms with van der Waals surface area (Å²) in [6.07, 6.45) is 3.71. The zero-order chi connectivity index (χ0) is 12.4. The van der Waals surface area contributed by atoms with Crippen molar-refractivity contribution in [2.75, 3.05) is 13.1 Å². The molecule has 1 aliphatic rings. The third-order valence-electron chi connectivity index (χ3n) is 3.55. The summed E-state index contributed by atoms with van der Waals surface area (Å²) in [5.74, 6) is 0.700. The van der Waals surface area contributed by atoms with E-state index < -0.39 is 0 Å². The van der Waals surface area contributed by atoms with Gasteiger partial charge in [-0.05, 0) is 24.8 Å². The smallest absolute Gasteiger partial charge is 0.272 e. The summed E-state index contributed by atoms with van der Waals surface area (Å²) in [4.78, 5) is 14.3. The zero-order valence-electron chi connectivity index (χ0n) is 10.5. The summed E-state index contributed by atoms with van der Waals surface area (Å²) in [6, 6.07) is 1.93. The van der Waals surface area contributed by atoms with Gasteiger partial charge >= 0.3 is 0 Å². The molecule has 5 nitrogen and oxygen atoms in total. The maximum absolute atomic E-state index is 12.4. The van der Waals surface area contributed by atoms with Gasteiger partial charge in [0.2, 0.25) is 0 Å². The molecule has 1 aromatic heterocycles. The number of piperidine rings is 1. The highest BCUT2D eigenvalue weighted by Gasteiger charge is 2.30. The van der Waals surface area contributed by atoms with Crippen molar-refractivity contribution >= 4 is 5.91 Å². The molecule has 1 aromatic rings. The van der Waals surface area contributed by atoms with Gasteiger partial charge in [-0.25, -0.2) is 0 Å². The van der Waals surface area contributed by atoms with E-state index in [1.54, 1.807) is 24.0 Å². The number of hydrogen-bond donors (Lipinski definition) is 1. The average molecular weight is 236 g/mol. The van der Waals surface area contributed by atoms with Crippen molar-refractivity contribution in [3.05, 3.63) is 18.0 Å². The van der Waals surface area contributed by atoms with Gasteiger partial charge in [0.15, 0.2) is 0 Å². The summed E-state index contributed by atoms with van der Waals surface area (Å²) in [7, 11) is 1.79. The Morgan fingerprint density at radius 2 is 2.41 bits per heavy atom. The fraction of sp³-hybridized carbons (Fsp3) is 0.667. The molecule has 5 heteroatoms. The normalized spacial score (nSPS) is 25.0. The van der Waals surface area contributed by atoms with Crippen LogP contribution >= 0.6 is 0 Å². The Labute approximate surface area is 102 Å². The van der Waals surface area contributed by atoms with Gasteiger partial charge < -0.3 is 10.6 Å². The molecule has 17 heavy (non-hydrogen) atoms. The molecule has 0 radical (unpaired) electrons. The lowest BCUT2D eigenvalue weighted by atomic mass is 9.92. The fourth-order valence-corrected chi connectivity index (χ4v) is 2.47. The molecule has 0 aromatic carbocycles. The molecule has 94 valence electrons. The maximum atomic E-state index is 12.4. The first-order valence-electron chi connectivity index (χ1n) is 6.12. The number of carbonyl (C=O) groups excluding carboxylic acids is 1. The molecule has 1 aliphatic heterocycles. The van der Waals surface area contributed by atoms with E-state index in [0.717, 1.165) is 19.4 Å². The topological polar surface area (TPSA) is 64.2 Å². The highest BCUT2D eigenvalue weighted by molar-refractivity contribution is 5.92. The van der Waals surface area contributed by atoms with E-state index in [1.807, 2.05) is 4.90 Å². The Hall–Kier alpha value is -1.36. The predicted molar refractivity (Wildman–Crippen MR) is 65.5 cm³/mol. The summed E-state index contributed by atoms with van der Waals surface area (Å²) in [5.41, 5.74) is 6.41. The Kier molecular flexibility index (Phi) is 3.47. The van der Waals surface area contributed by atoms with Crippen LogP contribution in [-0.2, 0) is 7.05 Å². The molecular formula is C12H20N4O. The van der Waals surface area contributed by atoms with Gasteiger partial charge in [-0.1, -0.05) is 6.92 Å². The number of hydrogen-bond acceptors (Lipinski definition) is 3. The lowest BCUT2D eigenvalue weighted by Crippen LogP contribution is -2.49. The van der Waals surface area contributed by atoms with Crippen LogP contribution in [0.2, 0.25) is 0 Å². The van der Waals surface area contributed by atoms with Crippen molar-refractivity contribution in [2.45, 2.75) is 25.8 Å². The van der Waals surface area contributed by atoms with Crippen molar-refractivity contribution in [1.82, 2.24) is 14.7 Å². The minimum atomic E-state index is 0.0485. The minimum absolute atomic E-state index is 0.0485. The SMILES string of the molecule is CC1CCN(C(=O)c2ccnn2C)C(CN)C1. The number of aryl methyl sites for hydroxylation is 1. The van der Waals surface area contributed by atoms with Gasteiger partial charge in [0.05, 0.1) is 0 Å². The van der Waals surface area contributed by atoms with Gasteiger partial charge in [-0.15, -0.1) is 0 Å². The van der Waals surface area contributed by atoms with E-state index >= 15 is 0 Å². The van der Waals surface area contributed by atoms with Crippen LogP contribution < -0.4 is 5.73 Å². The fourth-order valence-electron chi connectivity index (χ4n) is 2.47. The minimum Gasteiger partial charge on any atom is -0.333 e. The lowest BCUT2D eigenvalue weighted by molar-refractivity contribution is 0.0562. The number of aromatic nitrogens is 2. The molecule has 2 N–H and O–H groups in total. The van der Waals surface area contributed by atoms with Gasteiger partial charge in [-0.3, -0.25) is 9.48 Å². The summed E-state index contributed by atoms with van der Waals surface area (Å²) >= 11 is 0. The highest BCUT2D eigenvalue weighted by atomic mass is 16.2. The molecule has 0 aliphatic carbocycles. The second-order valence-corrected chi connectivity index (χ2v) is 4.86. The number of likely N-dealkylation sites (tertiary alicyclic amines) is 1. The number of nitrogens with zero attached hydrogens (tertiary/aromatic N) is 3. The maximum Gasteiger partial charge on any atom is 0.272 e. The molecule has 0 saturated carbocycles. The summed E-state index contributed by atoms with van der Waals surface area (Å²) in [5, 5.41) is 4.04. The summed E-state index contributed by atoms with van der Waals surface area (Å²) < 4.78 is 1.62. The molecule has 2 rings (SSSR count). The highest BCUT2D eigenvalue weighted by Crippen LogP contribution is 2.23. The van der Waals surface area contributed by atoms with Crippen LogP contribution in [0.15, 0.2) is 12.3 Å². The van der Waals surface area contributed by atoms with Gasteiger partial charge in [0, 0.05) is 32.4 Å². The largest absolute Gasteiger partial charge is 0.333 e. The van der Waals surface area contributed by atoms with Crippen LogP contribution in [0.25, 0.3) is 0 Å². The van der Waals surface area contributed by atoms with Gasteiger partial charge in [-0.2, -0.15) is 5.10 Å². The molecule has 2 heterocycles. The van der Waals surface area contributed by atoms with E-state index in [1.165, 1.54) is 0 Å². The van der Waals surface area contributed by atoms with Crippen molar-refractivity contribution < 1.29 is 4.79 Å². The first-order valence-corrected chi connectivity index (χ1v) is 6.12. The second-order valence-electron chi connectivity index (χ2n) is 4.86. The molecule has 2 unspecified atom stereocenters. The number of carbonyl (C=O) groups is 1. The molecule has 1 fully saturated rings. The quantitative estimate of drug-likeness (QED) is 0.818. The Morgan fingerprint density at radius 1 is 1.65 bits per heavy atom. The molecule has 2 atom stereocenters. The Balaban J connectivity index is 2.16. The van der Waals surface area contributed by atoms with Gasteiger partial charge in [0.1, 0.15) is 5.69 Å². The third kappa shape index (κ3) is 2.34. The van der Waals surface area contributed by atoms with E-state index in [9.17, 15) is 4.79 Å². The van der Waals surface area contributed by atoms with Crippen LogP contribution in [0.5, 0.6) is 0 Å². The van der Waals surface area contributed by atoms with Crippen LogP contribution in [-0.4, -0.2) is 39.7 Å². The number of rotatable bonds is 2. The van der Waals surface area contributed by atoms with Crippen LogP contribution in [0.3, 0.4) is 0 Å². The van der Waals surface area contributed by atoms with Crippen LogP contribution in [0, 0.1) is 5.92 Å². The standard InChI is InChI=1S/C12H20N4O/c1-9-4-6-16(10(7-9)8-13)12(17)11-3-5-14-15(11)2/h3,5,9-10H,4,6-8,13H2,1-2H3. The monoisotopic (exact) mass is 236 g/mol. The van der Waals surface area contributed by atoms with E-state index in [4.69, 9.17) is 5.73 Å². The molecule has 0 bridgehead atoms. The van der Waals surface area contributed by atoms with Crippen molar-refractivity contribution in [3.63, 3.8) is 0 Å². The zero-order valence-corrected chi connectivity index (χ0v) is 10.5. The molecule has 1 amide bonds. The number of nitrogens with two attached hydrogens (primary N) is 1. The average Bonchev–Trinajstić information content (AvgIpc) is 2.74. The van der Waals surface area contributed by atoms with Crippen molar-refractivity contribution in [1.29, 1.82) is 0 Å². The third-order valence-corrected chi connectivity index (χ3v) is 3.55. The second kappa shape index (κ2) is 4.87. The van der Waals surface area contributed by atoms with E-state index in [0.29, 0.717) is 18.2 Å². The first kappa shape index (κ1) is 12.1. The van der Waals surface area contributed by atoms with Crippen LogP contribution in [0.1, 0.15) is 30.3 Å². The van der Waals surface area contributed by atoms with Crippen molar-refractivity contribution in [2.24, 2.45) is 18.7 Å². The first-order chi connectivity index (χ1) is 8.13. The van der Waals surface area contributed by atoms with Gasteiger partial charge in [0.25, 0.3) is 5.91 Å². The lowest BCUT2D eigenvalue weighted by Gasteiger charge is -2.37. The molecular weight excluding hydrogens is 216 g/mol. The molecule has 0 spiro atoms.